The molecule has 2 aromatic rings. The Morgan fingerprint density at radius 2 is 1.92 bits per heavy atom. The molecule has 3 N–H and O–H groups in total. The van der Waals surface area contributed by atoms with Crippen LogP contribution in [0.4, 0.5) is 5.69 Å². The number of nitrogens with zero attached hydrogens (tertiary/aromatic N) is 1. The quantitative estimate of drug-likeness (QED) is 0.420. The Balaban J connectivity index is 0.00000225. The number of ether oxygens (including phenoxy) is 3. The highest BCUT2D eigenvalue weighted by atomic mass is 127. The fourth-order valence-electron chi connectivity index (χ4n) is 2.43. The summed E-state index contributed by atoms with van der Waals surface area (Å²) in [6.45, 7) is 1.75. The van der Waals surface area contributed by atoms with Gasteiger partial charge in [-0.2, -0.15) is 0 Å². The molecule has 0 aromatic heterocycles. The van der Waals surface area contributed by atoms with Gasteiger partial charge in [-0.25, -0.2) is 4.99 Å². The second-order valence-electron chi connectivity index (χ2n) is 5.35. The second-order valence-corrected chi connectivity index (χ2v) is 5.35. The molecule has 3 rings (SSSR count). The number of nitrogens with two attached hydrogens (primary N) is 1. The molecule has 2 aromatic carbocycles. The summed E-state index contributed by atoms with van der Waals surface area (Å²) in [7, 11) is 1.64. The fourth-order valence-corrected chi connectivity index (χ4v) is 2.43. The van der Waals surface area contributed by atoms with Gasteiger partial charge in [0.05, 0.1) is 26.9 Å². The zero-order chi connectivity index (χ0) is 16.8. The van der Waals surface area contributed by atoms with E-state index < -0.39 is 0 Å². The Labute approximate surface area is 164 Å². The molecular weight excluding hydrogens is 433 g/mol. The molecule has 0 bridgehead atoms. The largest absolute Gasteiger partial charge is 0.496 e. The predicted octanol–water partition coefficient (Wildman–Crippen LogP) is 3.40. The first-order chi connectivity index (χ1) is 11.8. The maximum Gasteiger partial charge on any atom is 0.193 e. The van der Waals surface area contributed by atoms with Crippen molar-refractivity contribution in [2.24, 2.45) is 10.7 Å². The third-order valence-corrected chi connectivity index (χ3v) is 3.63. The average Bonchev–Trinajstić information content (AvgIpc) is 2.85. The van der Waals surface area contributed by atoms with E-state index in [1.807, 2.05) is 42.5 Å². The van der Waals surface area contributed by atoms with Crippen LogP contribution in [0.3, 0.4) is 0 Å². The number of methoxy groups -OCH3 is 1. The van der Waals surface area contributed by atoms with E-state index in [0.717, 1.165) is 34.9 Å². The first-order valence-corrected chi connectivity index (χ1v) is 7.85. The minimum atomic E-state index is 0. The van der Waals surface area contributed by atoms with Crippen LogP contribution < -0.4 is 25.3 Å². The van der Waals surface area contributed by atoms with Gasteiger partial charge in [-0.3, -0.25) is 0 Å². The normalized spacial score (nSPS) is 13.4. The summed E-state index contributed by atoms with van der Waals surface area (Å²) < 4.78 is 16.6. The van der Waals surface area contributed by atoms with E-state index in [9.17, 15) is 0 Å². The molecule has 6 nitrogen and oxygen atoms in total. The summed E-state index contributed by atoms with van der Waals surface area (Å²) in [5, 5.41) is 3.07. The number of benzene rings is 2. The lowest BCUT2D eigenvalue weighted by atomic mass is 10.2. The van der Waals surface area contributed by atoms with Crippen molar-refractivity contribution in [1.29, 1.82) is 0 Å². The van der Waals surface area contributed by atoms with Crippen LogP contribution in [0, 0.1) is 0 Å². The van der Waals surface area contributed by atoms with Gasteiger partial charge >= 0.3 is 0 Å². The van der Waals surface area contributed by atoms with Gasteiger partial charge in [0.1, 0.15) is 5.75 Å². The highest BCUT2D eigenvalue weighted by Crippen LogP contribution is 2.32. The SMILES string of the molecule is COc1ccccc1CN=C(N)Nc1ccc2c(c1)OCCCO2.I. The standard InChI is InChI=1S/C18H21N3O3.HI/c1-22-15-6-3-2-5-13(15)12-20-18(19)21-14-7-8-16-17(11-14)24-10-4-9-23-16;/h2-3,5-8,11H,4,9-10,12H2,1H3,(H3,19,20,21);1H. The molecule has 134 valence electrons. The lowest BCUT2D eigenvalue weighted by molar-refractivity contribution is 0.297. The summed E-state index contributed by atoms with van der Waals surface area (Å²) in [5.41, 5.74) is 7.76. The van der Waals surface area contributed by atoms with E-state index >= 15 is 0 Å². The first-order valence-electron chi connectivity index (χ1n) is 7.85. The van der Waals surface area contributed by atoms with Crippen molar-refractivity contribution in [3.8, 4) is 17.2 Å². The number of nitrogens with one attached hydrogen (secondary N) is 1. The van der Waals surface area contributed by atoms with Crippen LogP contribution in [0.1, 0.15) is 12.0 Å². The molecule has 0 amide bonds. The lowest BCUT2D eigenvalue weighted by Crippen LogP contribution is -2.22. The molecule has 0 aliphatic carbocycles. The van der Waals surface area contributed by atoms with Crippen molar-refractivity contribution < 1.29 is 14.2 Å². The minimum absolute atomic E-state index is 0. The van der Waals surface area contributed by atoms with Gasteiger partial charge in [0.25, 0.3) is 0 Å². The molecule has 1 heterocycles. The Bertz CT molecular complexity index is 737. The first kappa shape index (κ1) is 19.2. The monoisotopic (exact) mass is 455 g/mol. The average molecular weight is 455 g/mol. The molecule has 0 saturated heterocycles. The van der Waals surface area contributed by atoms with Crippen LogP contribution in [0.2, 0.25) is 0 Å². The van der Waals surface area contributed by atoms with Gasteiger partial charge in [-0.05, 0) is 18.2 Å². The molecule has 1 aliphatic rings. The third-order valence-electron chi connectivity index (χ3n) is 3.63. The van der Waals surface area contributed by atoms with E-state index in [-0.39, 0.29) is 24.0 Å². The number of hydrogen-bond donors (Lipinski definition) is 2. The molecular formula is C18H22IN3O3. The van der Waals surface area contributed by atoms with E-state index in [0.29, 0.717) is 25.7 Å². The fraction of sp³-hybridized carbons (Fsp3) is 0.278. The number of rotatable bonds is 4. The van der Waals surface area contributed by atoms with Crippen molar-refractivity contribution in [2.75, 3.05) is 25.6 Å². The number of anilines is 1. The highest BCUT2D eigenvalue weighted by molar-refractivity contribution is 14.0. The molecule has 0 saturated carbocycles. The van der Waals surface area contributed by atoms with Crippen molar-refractivity contribution in [2.45, 2.75) is 13.0 Å². The van der Waals surface area contributed by atoms with Gasteiger partial charge in [0.15, 0.2) is 17.5 Å². The Hall–Kier alpha value is -2.16. The number of hydrogen-bond acceptors (Lipinski definition) is 4. The van der Waals surface area contributed by atoms with Gasteiger partial charge < -0.3 is 25.3 Å². The number of fused-ring (bicyclic) bond motifs is 1. The molecule has 25 heavy (non-hydrogen) atoms. The number of halogens is 1. The zero-order valence-corrected chi connectivity index (χ0v) is 16.4. The van der Waals surface area contributed by atoms with Crippen molar-refractivity contribution >= 4 is 35.6 Å². The summed E-state index contributed by atoms with van der Waals surface area (Å²) in [5.74, 6) is 2.60. The molecule has 0 radical (unpaired) electrons. The zero-order valence-electron chi connectivity index (χ0n) is 14.0. The molecule has 1 aliphatic heterocycles. The van der Waals surface area contributed by atoms with E-state index in [1.165, 1.54) is 0 Å². The topological polar surface area (TPSA) is 78.1 Å². The smallest absolute Gasteiger partial charge is 0.193 e. The van der Waals surface area contributed by atoms with E-state index in [4.69, 9.17) is 19.9 Å². The van der Waals surface area contributed by atoms with E-state index in [1.54, 1.807) is 7.11 Å². The van der Waals surface area contributed by atoms with Crippen LogP contribution in [0.5, 0.6) is 17.2 Å². The van der Waals surface area contributed by atoms with Crippen molar-refractivity contribution in [3.63, 3.8) is 0 Å². The summed E-state index contributed by atoms with van der Waals surface area (Å²) >= 11 is 0. The van der Waals surface area contributed by atoms with Crippen LogP contribution in [-0.4, -0.2) is 26.3 Å². The Morgan fingerprint density at radius 1 is 1.16 bits per heavy atom. The molecule has 0 fully saturated rings. The van der Waals surface area contributed by atoms with Crippen molar-refractivity contribution in [1.82, 2.24) is 0 Å². The molecule has 0 unspecified atom stereocenters. The number of aliphatic imine (C=N–C) groups is 1. The molecule has 7 heteroatoms. The molecule has 0 spiro atoms. The summed E-state index contributed by atoms with van der Waals surface area (Å²) in [4.78, 5) is 4.36. The van der Waals surface area contributed by atoms with Crippen LogP contribution in [-0.2, 0) is 6.54 Å². The van der Waals surface area contributed by atoms with Crippen LogP contribution >= 0.6 is 24.0 Å². The highest BCUT2D eigenvalue weighted by Gasteiger charge is 2.11. The maximum absolute atomic E-state index is 5.98. The van der Waals surface area contributed by atoms with Gasteiger partial charge in [-0.15, -0.1) is 24.0 Å². The number of para-hydroxylation sites is 1. The van der Waals surface area contributed by atoms with Crippen LogP contribution in [0.15, 0.2) is 47.5 Å². The van der Waals surface area contributed by atoms with Crippen molar-refractivity contribution in [3.05, 3.63) is 48.0 Å². The lowest BCUT2D eigenvalue weighted by Gasteiger charge is -2.11. The minimum Gasteiger partial charge on any atom is -0.496 e. The summed E-state index contributed by atoms with van der Waals surface area (Å²) in [6, 6.07) is 13.4. The number of guanidine groups is 1. The van der Waals surface area contributed by atoms with Gasteiger partial charge in [-0.1, -0.05) is 18.2 Å². The molecule has 0 atom stereocenters. The Morgan fingerprint density at radius 3 is 2.72 bits per heavy atom. The second kappa shape index (κ2) is 9.36. The Kier molecular flexibility index (Phi) is 7.17. The predicted molar refractivity (Wildman–Crippen MR) is 109 cm³/mol. The van der Waals surface area contributed by atoms with Gasteiger partial charge in [0, 0.05) is 23.7 Å². The maximum atomic E-state index is 5.98. The summed E-state index contributed by atoms with van der Waals surface area (Å²) in [6.07, 6.45) is 0.875. The van der Waals surface area contributed by atoms with Crippen LogP contribution in [0.25, 0.3) is 0 Å². The third kappa shape index (κ3) is 5.15. The van der Waals surface area contributed by atoms with E-state index in [2.05, 4.69) is 10.3 Å². The van der Waals surface area contributed by atoms with Gasteiger partial charge in [0.2, 0.25) is 0 Å².